The molecular formula is C5H5NO4. The van der Waals surface area contributed by atoms with Crippen molar-refractivity contribution in [2.24, 2.45) is 0 Å². The van der Waals surface area contributed by atoms with Crippen molar-refractivity contribution >= 4 is 5.97 Å². The Morgan fingerprint density at radius 3 is 2.90 bits per heavy atom. The largest absolute Gasteiger partial charge is 0.476 e. The fourth-order valence-corrected chi connectivity index (χ4v) is 0.449. The van der Waals surface area contributed by atoms with Crippen molar-refractivity contribution in [3.05, 3.63) is 12.0 Å². The summed E-state index contributed by atoms with van der Waals surface area (Å²) in [5.74, 6) is -1.13. The number of hydrogen-bond donors (Lipinski definition) is 1. The van der Waals surface area contributed by atoms with Crippen molar-refractivity contribution in [1.29, 1.82) is 0 Å². The number of aromatic nitrogens is 1. The second-order valence-electron chi connectivity index (χ2n) is 1.51. The van der Waals surface area contributed by atoms with Gasteiger partial charge in [-0.05, 0) is 0 Å². The predicted octanol–water partition coefficient (Wildman–Crippen LogP) is 0.381. The van der Waals surface area contributed by atoms with Gasteiger partial charge in [-0.3, -0.25) is 0 Å². The average molecular weight is 143 g/mol. The molecule has 0 aliphatic rings. The molecule has 1 N–H and O–H groups in total. The lowest BCUT2D eigenvalue weighted by Crippen LogP contribution is -1.95. The Hall–Kier alpha value is -1.52. The highest BCUT2D eigenvalue weighted by Crippen LogP contribution is 2.08. The molecule has 54 valence electrons. The molecule has 0 aromatic carbocycles. The van der Waals surface area contributed by atoms with E-state index in [9.17, 15) is 4.79 Å². The van der Waals surface area contributed by atoms with Gasteiger partial charge in [0.1, 0.15) is 6.26 Å². The number of carboxylic acids is 1. The highest BCUT2D eigenvalue weighted by atomic mass is 16.6. The summed E-state index contributed by atoms with van der Waals surface area (Å²) >= 11 is 0. The second kappa shape index (κ2) is 2.38. The third-order valence-electron chi connectivity index (χ3n) is 0.877. The zero-order valence-corrected chi connectivity index (χ0v) is 5.20. The zero-order chi connectivity index (χ0) is 7.56. The Labute approximate surface area is 56.2 Å². The molecule has 0 radical (unpaired) electrons. The van der Waals surface area contributed by atoms with Gasteiger partial charge in [0.25, 0.3) is 0 Å². The molecule has 10 heavy (non-hydrogen) atoms. The summed E-state index contributed by atoms with van der Waals surface area (Å²) in [5, 5.41) is 8.32. The van der Waals surface area contributed by atoms with Crippen molar-refractivity contribution in [3.63, 3.8) is 0 Å². The SMILES string of the molecule is COc1nc(C(=O)O)co1. The summed E-state index contributed by atoms with van der Waals surface area (Å²) < 4.78 is 9.06. The normalized spacial score (nSPS) is 9.30. The van der Waals surface area contributed by atoms with E-state index in [0.717, 1.165) is 6.26 Å². The maximum absolute atomic E-state index is 10.2. The van der Waals surface area contributed by atoms with Gasteiger partial charge in [0.2, 0.25) is 0 Å². The Morgan fingerprint density at radius 2 is 2.60 bits per heavy atom. The molecule has 0 aliphatic heterocycles. The third kappa shape index (κ3) is 1.07. The maximum atomic E-state index is 10.2. The van der Waals surface area contributed by atoms with E-state index in [1.807, 2.05) is 0 Å². The number of carboxylic acid groups (broad SMARTS) is 1. The lowest BCUT2D eigenvalue weighted by atomic mass is 10.5. The van der Waals surface area contributed by atoms with Crippen LogP contribution in [0, 0.1) is 0 Å². The molecule has 0 saturated carbocycles. The first kappa shape index (κ1) is 6.60. The first-order valence-electron chi connectivity index (χ1n) is 2.47. The van der Waals surface area contributed by atoms with Crippen molar-refractivity contribution < 1.29 is 19.1 Å². The molecule has 5 heteroatoms. The van der Waals surface area contributed by atoms with Gasteiger partial charge >= 0.3 is 12.0 Å². The Balaban J connectivity index is 2.88. The first-order valence-corrected chi connectivity index (χ1v) is 2.47. The molecular weight excluding hydrogens is 138 g/mol. The smallest absolute Gasteiger partial charge is 0.393 e. The molecule has 0 aliphatic carbocycles. The van der Waals surface area contributed by atoms with Gasteiger partial charge in [0.15, 0.2) is 5.69 Å². The molecule has 5 nitrogen and oxygen atoms in total. The van der Waals surface area contributed by atoms with Crippen LogP contribution >= 0.6 is 0 Å². The van der Waals surface area contributed by atoms with Crippen molar-refractivity contribution in [3.8, 4) is 6.08 Å². The van der Waals surface area contributed by atoms with Crippen molar-refractivity contribution in [2.75, 3.05) is 7.11 Å². The van der Waals surface area contributed by atoms with E-state index in [-0.39, 0.29) is 11.8 Å². The molecule has 0 atom stereocenters. The Bertz CT molecular complexity index is 242. The van der Waals surface area contributed by atoms with E-state index in [4.69, 9.17) is 5.11 Å². The van der Waals surface area contributed by atoms with Crippen molar-refractivity contribution in [2.45, 2.75) is 0 Å². The van der Waals surface area contributed by atoms with E-state index in [2.05, 4.69) is 14.1 Å². The minimum Gasteiger partial charge on any atom is -0.476 e. The maximum Gasteiger partial charge on any atom is 0.393 e. The van der Waals surface area contributed by atoms with Gasteiger partial charge in [0.05, 0.1) is 7.11 Å². The average Bonchev–Trinajstić information content (AvgIpc) is 2.34. The standard InChI is InChI=1S/C5H5NO4/c1-9-5-6-3(2-10-5)4(7)8/h2H,1H3,(H,7,8). The number of aromatic carboxylic acids is 1. The predicted molar refractivity (Wildman–Crippen MR) is 30.0 cm³/mol. The minimum atomic E-state index is -1.13. The summed E-state index contributed by atoms with van der Waals surface area (Å²) in [6.07, 6.45) is 0.971. The van der Waals surface area contributed by atoms with Crippen LogP contribution in [-0.4, -0.2) is 23.2 Å². The summed E-state index contributed by atoms with van der Waals surface area (Å²) in [6.45, 7) is 0. The van der Waals surface area contributed by atoms with Crippen LogP contribution in [0.4, 0.5) is 0 Å². The van der Waals surface area contributed by atoms with Gasteiger partial charge in [-0.25, -0.2) is 4.79 Å². The van der Waals surface area contributed by atoms with Gasteiger partial charge in [-0.2, -0.15) is 4.98 Å². The molecule has 0 unspecified atom stereocenters. The van der Waals surface area contributed by atoms with Crippen LogP contribution in [0.1, 0.15) is 10.5 Å². The molecule has 1 aromatic heterocycles. The van der Waals surface area contributed by atoms with Gasteiger partial charge in [-0.15, -0.1) is 0 Å². The molecule has 1 aromatic rings. The van der Waals surface area contributed by atoms with Crippen LogP contribution in [0.25, 0.3) is 0 Å². The lowest BCUT2D eigenvalue weighted by Gasteiger charge is -1.84. The number of oxazole rings is 1. The second-order valence-corrected chi connectivity index (χ2v) is 1.51. The number of methoxy groups -OCH3 is 1. The first-order chi connectivity index (χ1) is 4.74. The quantitative estimate of drug-likeness (QED) is 0.647. The summed E-state index contributed by atoms with van der Waals surface area (Å²) in [5.41, 5.74) is -0.156. The topological polar surface area (TPSA) is 72.6 Å². The van der Waals surface area contributed by atoms with Crippen molar-refractivity contribution in [1.82, 2.24) is 4.98 Å². The van der Waals surface area contributed by atoms with Gasteiger partial charge in [-0.1, -0.05) is 0 Å². The Kier molecular flexibility index (Phi) is 1.57. The monoisotopic (exact) mass is 143 g/mol. The third-order valence-corrected chi connectivity index (χ3v) is 0.877. The van der Waals surface area contributed by atoms with Crippen LogP contribution in [0.3, 0.4) is 0 Å². The van der Waals surface area contributed by atoms with Crippen LogP contribution in [-0.2, 0) is 0 Å². The highest BCUT2D eigenvalue weighted by Gasteiger charge is 2.09. The molecule has 0 fully saturated rings. The number of hydrogen-bond acceptors (Lipinski definition) is 4. The van der Waals surface area contributed by atoms with Crippen LogP contribution in [0.2, 0.25) is 0 Å². The molecule has 0 spiro atoms. The Morgan fingerprint density at radius 1 is 1.90 bits per heavy atom. The van der Waals surface area contributed by atoms with Crippen LogP contribution in [0.15, 0.2) is 10.7 Å². The molecule has 0 saturated heterocycles. The van der Waals surface area contributed by atoms with E-state index in [0.29, 0.717) is 0 Å². The van der Waals surface area contributed by atoms with E-state index in [1.54, 1.807) is 0 Å². The number of rotatable bonds is 2. The summed E-state index contributed by atoms with van der Waals surface area (Å²) in [7, 11) is 1.34. The number of nitrogens with zero attached hydrogens (tertiary/aromatic N) is 1. The molecule has 1 heterocycles. The fraction of sp³-hybridized carbons (Fsp3) is 0.200. The summed E-state index contributed by atoms with van der Waals surface area (Å²) in [4.78, 5) is 13.6. The zero-order valence-electron chi connectivity index (χ0n) is 5.20. The van der Waals surface area contributed by atoms with Gasteiger partial charge < -0.3 is 14.3 Å². The molecule has 0 bridgehead atoms. The number of carbonyl (C=O) groups is 1. The molecule has 1 rings (SSSR count). The minimum absolute atomic E-state index is 0.0441. The van der Waals surface area contributed by atoms with E-state index >= 15 is 0 Å². The van der Waals surface area contributed by atoms with Crippen LogP contribution < -0.4 is 4.74 Å². The highest BCUT2D eigenvalue weighted by molar-refractivity contribution is 5.84. The fourth-order valence-electron chi connectivity index (χ4n) is 0.449. The van der Waals surface area contributed by atoms with Crippen LogP contribution in [0.5, 0.6) is 6.08 Å². The summed E-state index contributed by atoms with van der Waals surface area (Å²) in [6, 6.07) is 0. The van der Waals surface area contributed by atoms with Gasteiger partial charge in [0, 0.05) is 0 Å². The van der Waals surface area contributed by atoms with E-state index in [1.165, 1.54) is 7.11 Å². The molecule has 0 amide bonds. The number of ether oxygens (including phenoxy) is 1. The van der Waals surface area contributed by atoms with E-state index < -0.39 is 5.97 Å². The lowest BCUT2D eigenvalue weighted by molar-refractivity contribution is 0.0690.